The lowest BCUT2D eigenvalue weighted by Crippen LogP contribution is -2.03. The Morgan fingerprint density at radius 1 is 1.35 bits per heavy atom. The third kappa shape index (κ3) is 2.46. The molecule has 1 aromatic heterocycles. The van der Waals surface area contributed by atoms with E-state index in [9.17, 15) is 12.8 Å². The van der Waals surface area contributed by atoms with Crippen molar-refractivity contribution in [2.75, 3.05) is 19.1 Å². The van der Waals surface area contributed by atoms with Gasteiger partial charge in [-0.1, -0.05) is 0 Å². The van der Waals surface area contributed by atoms with E-state index < -0.39 is 20.5 Å². The van der Waals surface area contributed by atoms with Crippen LogP contribution in [0.2, 0.25) is 0 Å². The summed E-state index contributed by atoms with van der Waals surface area (Å²) in [6, 6.07) is 3.78. The number of ether oxygens (including phenoxy) is 1. The molecule has 1 aromatic carbocycles. The Balaban J connectivity index is 2.69. The largest absolute Gasteiger partial charge is 0.496 e. The van der Waals surface area contributed by atoms with E-state index in [0.29, 0.717) is 17.1 Å². The first-order valence-corrected chi connectivity index (χ1v) is 7.50. The molecule has 0 bridgehead atoms. The van der Waals surface area contributed by atoms with Gasteiger partial charge in [0.25, 0.3) is 0 Å². The van der Waals surface area contributed by atoms with E-state index in [-0.39, 0.29) is 5.75 Å². The summed E-state index contributed by atoms with van der Waals surface area (Å²) < 4.78 is 43.5. The number of rotatable bonds is 3. The van der Waals surface area contributed by atoms with Crippen LogP contribution in [0, 0.1) is 5.82 Å². The highest BCUT2D eigenvalue weighted by Crippen LogP contribution is 2.33. The lowest BCUT2D eigenvalue weighted by Gasteiger charge is -2.09. The fraction of sp³-hybridized carbons (Fsp3) is 0.250. The van der Waals surface area contributed by atoms with Gasteiger partial charge in [-0.3, -0.25) is 4.68 Å². The molecule has 8 heteroatoms. The number of halogens is 1. The average Bonchev–Trinajstić information content (AvgIpc) is 2.67. The molecule has 0 spiro atoms. The molecule has 0 amide bonds. The van der Waals surface area contributed by atoms with Crippen LogP contribution in [0.15, 0.2) is 23.1 Å². The zero-order chi connectivity index (χ0) is 15.1. The van der Waals surface area contributed by atoms with E-state index in [1.807, 2.05) is 0 Å². The van der Waals surface area contributed by atoms with Crippen LogP contribution in [0.5, 0.6) is 5.75 Å². The molecule has 1 heterocycles. The summed E-state index contributed by atoms with van der Waals surface area (Å²) in [7, 11) is -0.658. The maximum absolute atomic E-state index is 14.0. The van der Waals surface area contributed by atoms with Crippen LogP contribution in [0.1, 0.15) is 0 Å². The van der Waals surface area contributed by atoms with Crippen LogP contribution in [0.25, 0.3) is 11.3 Å². The van der Waals surface area contributed by atoms with Gasteiger partial charge in [0.15, 0.2) is 9.84 Å². The summed E-state index contributed by atoms with van der Waals surface area (Å²) in [5.41, 5.74) is 6.42. The first-order valence-electron chi connectivity index (χ1n) is 5.61. The highest BCUT2D eigenvalue weighted by atomic mass is 32.2. The molecule has 2 rings (SSSR count). The third-order valence-corrected chi connectivity index (χ3v) is 3.96. The lowest BCUT2D eigenvalue weighted by atomic mass is 10.1. The lowest BCUT2D eigenvalue weighted by molar-refractivity contribution is 0.413. The first kappa shape index (κ1) is 14.3. The number of hydrogen-bond acceptors (Lipinski definition) is 5. The Labute approximate surface area is 115 Å². The summed E-state index contributed by atoms with van der Waals surface area (Å²) in [5.74, 6) is -0.243. The molecular formula is C12H14FN3O3S. The predicted octanol–water partition coefficient (Wildman–Crippen LogP) is 1.22. The SMILES string of the molecule is COc1cc(S(C)(=O)=O)c(F)cc1-c1cc(N)n(C)n1. The van der Waals surface area contributed by atoms with E-state index in [0.717, 1.165) is 18.4 Å². The van der Waals surface area contributed by atoms with Crippen molar-refractivity contribution < 1.29 is 17.5 Å². The number of sulfone groups is 1. The number of aromatic nitrogens is 2. The number of nitrogens with zero attached hydrogens (tertiary/aromatic N) is 2. The summed E-state index contributed by atoms with van der Waals surface area (Å²) in [4.78, 5) is -0.415. The topological polar surface area (TPSA) is 87.2 Å². The van der Waals surface area contributed by atoms with Gasteiger partial charge in [-0.25, -0.2) is 12.8 Å². The number of aryl methyl sites for hydroxylation is 1. The van der Waals surface area contributed by atoms with Crippen LogP contribution in [0.4, 0.5) is 10.2 Å². The van der Waals surface area contributed by atoms with Crippen molar-refractivity contribution >= 4 is 15.7 Å². The number of anilines is 1. The fourth-order valence-electron chi connectivity index (χ4n) is 1.80. The van der Waals surface area contributed by atoms with Gasteiger partial charge in [0, 0.05) is 31.0 Å². The van der Waals surface area contributed by atoms with Gasteiger partial charge in [-0.2, -0.15) is 5.10 Å². The highest BCUT2D eigenvalue weighted by molar-refractivity contribution is 7.90. The molecule has 0 fully saturated rings. The van der Waals surface area contributed by atoms with Gasteiger partial charge in [-0.15, -0.1) is 0 Å². The normalized spacial score (nSPS) is 11.6. The maximum Gasteiger partial charge on any atom is 0.178 e. The second-order valence-electron chi connectivity index (χ2n) is 4.33. The van der Waals surface area contributed by atoms with Crippen LogP contribution in [0.3, 0.4) is 0 Å². The number of nitrogen functional groups attached to an aromatic ring is 1. The Kier molecular flexibility index (Phi) is 3.43. The minimum absolute atomic E-state index is 0.213. The third-order valence-electron chi connectivity index (χ3n) is 2.85. The Bertz CT molecular complexity index is 749. The van der Waals surface area contributed by atoms with Gasteiger partial charge in [0.2, 0.25) is 0 Å². The van der Waals surface area contributed by atoms with Gasteiger partial charge in [0.05, 0.1) is 12.8 Å². The zero-order valence-corrected chi connectivity index (χ0v) is 12.0. The molecule has 0 saturated heterocycles. The van der Waals surface area contributed by atoms with Gasteiger partial charge in [-0.05, 0) is 6.07 Å². The number of nitrogens with two attached hydrogens (primary N) is 1. The van der Waals surface area contributed by atoms with E-state index in [2.05, 4.69) is 5.10 Å². The Morgan fingerprint density at radius 3 is 2.45 bits per heavy atom. The Hall–Kier alpha value is -2.09. The molecule has 0 atom stereocenters. The Morgan fingerprint density at radius 2 is 2.00 bits per heavy atom. The molecular weight excluding hydrogens is 285 g/mol. The smallest absolute Gasteiger partial charge is 0.178 e. The van der Waals surface area contributed by atoms with Gasteiger partial charge < -0.3 is 10.5 Å². The summed E-state index contributed by atoms with van der Waals surface area (Å²) in [6.45, 7) is 0. The van der Waals surface area contributed by atoms with Crippen molar-refractivity contribution in [3.8, 4) is 17.0 Å². The van der Waals surface area contributed by atoms with Crippen LogP contribution < -0.4 is 10.5 Å². The minimum Gasteiger partial charge on any atom is -0.496 e. The maximum atomic E-state index is 14.0. The molecule has 6 nitrogen and oxygen atoms in total. The number of methoxy groups -OCH3 is 1. The molecule has 20 heavy (non-hydrogen) atoms. The molecule has 0 aliphatic heterocycles. The second kappa shape index (κ2) is 4.78. The predicted molar refractivity (Wildman–Crippen MR) is 72.7 cm³/mol. The minimum atomic E-state index is -3.67. The van der Waals surface area contributed by atoms with Crippen molar-refractivity contribution in [3.63, 3.8) is 0 Å². The van der Waals surface area contributed by atoms with Gasteiger partial charge in [0.1, 0.15) is 22.3 Å². The molecule has 2 aromatic rings. The van der Waals surface area contributed by atoms with Crippen molar-refractivity contribution in [1.29, 1.82) is 0 Å². The fourth-order valence-corrected chi connectivity index (χ4v) is 2.54. The van der Waals surface area contributed by atoms with Gasteiger partial charge >= 0.3 is 0 Å². The molecule has 0 aliphatic rings. The molecule has 0 unspecified atom stereocenters. The number of hydrogen-bond donors (Lipinski definition) is 1. The number of benzene rings is 1. The second-order valence-corrected chi connectivity index (χ2v) is 6.32. The molecule has 0 aliphatic carbocycles. The average molecular weight is 299 g/mol. The molecule has 2 N–H and O–H groups in total. The molecule has 108 valence electrons. The van der Waals surface area contributed by atoms with Crippen molar-refractivity contribution in [2.24, 2.45) is 7.05 Å². The monoisotopic (exact) mass is 299 g/mol. The summed E-state index contributed by atoms with van der Waals surface area (Å²) >= 11 is 0. The van der Waals surface area contributed by atoms with Crippen LogP contribution in [-0.4, -0.2) is 31.6 Å². The quantitative estimate of drug-likeness (QED) is 0.920. The van der Waals surface area contributed by atoms with E-state index in [1.54, 1.807) is 13.1 Å². The summed E-state index contributed by atoms with van der Waals surface area (Å²) in [5, 5.41) is 4.12. The summed E-state index contributed by atoms with van der Waals surface area (Å²) in [6.07, 6.45) is 0.934. The van der Waals surface area contributed by atoms with E-state index in [4.69, 9.17) is 10.5 Å². The van der Waals surface area contributed by atoms with E-state index >= 15 is 0 Å². The molecule has 0 saturated carbocycles. The molecule has 0 radical (unpaired) electrons. The standard InChI is InChI=1S/C12H14FN3O3S/c1-16-12(14)5-9(15-16)7-4-8(13)11(20(3,17)18)6-10(7)19-2/h4-6H,14H2,1-3H3. The van der Waals surface area contributed by atoms with Crippen LogP contribution in [-0.2, 0) is 16.9 Å². The van der Waals surface area contributed by atoms with Crippen LogP contribution >= 0.6 is 0 Å². The first-order chi connectivity index (χ1) is 9.24. The van der Waals surface area contributed by atoms with Crippen molar-refractivity contribution in [1.82, 2.24) is 9.78 Å². The van der Waals surface area contributed by atoms with Crippen molar-refractivity contribution in [2.45, 2.75) is 4.90 Å². The van der Waals surface area contributed by atoms with E-state index in [1.165, 1.54) is 11.8 Å². The zero-order valence-electron chi connectivity index (χ0n) is 11.2. The van der Waals surface area contributed by atoms with Crippen molar-refractivity contribution in [3.05, 3.63) is 24.0 Å². The highest BCUT2D eigenvalue weighted by Gasteiger charge is 2.20.